The van der Waals surface area contributed by atoms with Crippen LogP contribution in [0.3, 0.4) is 0 Å². The van der Waals surface area contributed by atoms with E-state index in [0.717, 1.165) is 81.4 Å². The molecular formula is C28H43FO3. The van der Waals surface area contributed by atoms with Gasteiger partial charge in [-0.1, -0.05) is 19.9 Å². The molecule has 0 spiro atoms. The molecule has 1 aromatic carbocycles. The highest BCUT2D eigenvalue weighted by molar-refractivity contribution is 5.41. The van der Waals surface area contributed by atoms with Crippen molar-refractivity contribution in [2.24, 2.45) is 11.8 Å². The predicted octanol–water partition coefficient (Wildman–Crippen LogP) is 6.94. The number of hydrogen-bond acceptors (Lipinski definition) is 3. The summed E-state index contributed by atoms with van der Waals surface area (Å²) in [7, 11) is 0. The zero-order chi connectivity index (χ0) is 22.5. The fourth-order valence-electron chi connectivity index (χ4n) is 6.10. The SMILES string of the molecule is CCC(O)C1CCC(c2cc(F)c3c(c2)CCC(CCCOC2CCC(C)CC2)O3)CC1. The van der Waals surface area contributed by atoms with E-state index in [0.29, 0.717) is 23.7 Å². The zero-order valence-electron chi connectivity index (χ0n) is 20.2. The molecule has 2 aliphatic carbocycles. The summed E-state index contributed by atoms with van der Waals surface area (Å²) in [5, 5.41) is 10.1. The maximum atomic E-state index is 15.0. The van der Waals surface area contributed by atoms with Crippen molar-refractivity contribution < 1.29 is 19.0 Å². The van der Waals surface area contributed by atoms with Gasteiger partial charge in [0.15, 0.2) is 11.6 Å². The number of aryl methyl sites for hydroxylation is 1. The van der Waals surface area contributed by atoms with Crippen LogP contribution >= 0.6 is 0 Å². The van der Waals surface area contributed by atoms with Gasteiger partial charge in [-0.3, -0.25) is 0 Å². The van der Waals surface area contributed by atoms with Gasteiger partial charge < -0.3 is 14.6 Å². The number of aliphatic hydroxyl groups is 1. The third-order valence-electron chi connectivity index (χ3n) is 8.36. The Bertz CT molecular complexity index is 720. The Morgan fingerprint density at radius 2 is 1.81 bits per heavy atom. The van der Waals surface area contributed by atoms with Gasteiger partial charge in [-0.2, -0.15) is 0 Å². The lowest BCUT2D eigenvalue weighted by Crippen LogP contribution is -2.26. The van der Waals surface area contributed by atoms with Crippen LogP contribution in [0.5, 0.6) is 5.75 Å². The highest BCUT2D eigenvalue weighted by Crippen LogP contribution is 2.41. The second-order valence-corrected chi connectivity index (χ2v) is 10.8. The zero-order valence-corrected chi connectivity index (χ0v) is 20.2. The van der Waals surface area contributed by atoms with Gasteiger partial charge in [-0.15, -0.1) is 0 Å². The molecule has 0 aromatic heterocycles. The van der Waals surface area contributed by atoms with Gasteiger partial charge in [-0.25, -0.2) is 4.39 Å². The van der Waals surface area contributed by atoms with Crippen LogP contribution in [0.2, 0.25) is 0 Å². The van der Waals surface area contributed by atoms with Gasteiger partial charge in [-0.05, 0) is 118 Å². The van der Waals surface area contributed by atoms with E-state index < -0.39 is 0 Å². The van der Waals surface area contributed by atoms with Gasteiger partial charge in [0.2, 0.25) is 0 Å². The lowest BCUT2D eigenvalue weighted by Gasteiger charge is -2.32. The first kappa shape index (κ1) is 24.0. The van der Waals surface area contributed by atoms with Crippen molar-refractivity contribution in [1.82, 2.24) is 0 Å². The van der Waals surface area contributed by atoms with E-state index in [2.05, 4.69) is 13.0 Å². The van der Waals surface area contributed by atoms with E-state index in [1.807, 2.05) is 6.92 Å². The molecule has 0 amide bonds. The third-order valence-corrected chi connectivity index (χ3v) is 8.36. The molecule has 4 rings (SSSR count). The lowest BCUT2D eigenvalue weighted by molar-refractivity contribution is 0.0136. The summed E-state index contributed by atoms with van der Waals surface area (Å²) in [5.41, 5.74) is 2.17. The van der Waals surface area contributed by atoms with Gasteiger partial charge in [0.25, 0.3) is 0 Å². The molecule has 32 heavy (non-hydrogen) atoms. The molecule has 4 heteroatoms. The molecule has 1 heterocycles. The molecule has 3 aliphatic rings. The topological polar surface area (TPSA) is 38.7 Å². The first-order valence-corrected chi connectivity index (χ1v) is 13.3. The minimum absolute atomic E-state index is 0.101. The fourth-order valence-corrected chi connectivity index (χ4v) is 6.10. The summed E-state index contributed by atoms with van der Waals surface area (Å²) in [6.07, 6.45) is 14.1. The molecule has 3 nitrogen and oxygen atoms in total. The summed E-state index contributed by atoms with van der Waals surface area (Å²) in [5.74, 6) is 1.97. The van der Waals surface area contributed by atoms with E-state index >= 15 is 0 Å². The quantitative estimate of drug-likeness (QED) is 0.440. The van der Waals surface area contributed by atoms with Crippen molar-refractivity contribution >= 4 is 0 Å². The minimum Gasteiger partial charge on any atom is -0.487 e. The number of aliphatic hydroxyl groups excluding tert-OH is 1. The summed E-state index contributed by atoms with van der Waals surface area (Å²) in [6.45, 7) is 5.18. The Labute approximate surface area is 194 Å². The molecule has 0 radical (unpaired) electrons. The molecule has 1 aromatic rings. The number of halogens is 1. The molecule has 2 fully saturated rings. The molecule has 2 atom stereocenters. The second kappa shape index (κ2) is 11.3. The molecule has 2 saturated carbocycles. The van der Waals surface area contributed by atoms with Crippen molar-refractivity contribution in [2.45, 2.75) is 122 Å². The first-order valence-electron chi connectivity index (χ1n) is 13.3. The number of ether oxygens (including phenoxy) is 2. The van der Waals surface area contributed by atoms with Gasteiger partial charge in [0.1, 0.15) is 0 Å². The van der Waals surface area contributed by atoms with Crippen molar-refractivity contribution in [1.29, 1.82) is 0 Å². The van der Waals surface area contributed by atoms with E-state index in [9.17, 15) is 9.50 Å². The average Bonchev–Trinajstić information content (AvgIpc) is 2.82. The Morgan fingerprint density at radius 1 is 1.06 bits per heavy atom. The highest BCUT2D eigenvalue weighted by Gasteiger charge is 2.29. The predicted molar refractivity (Wildman–Crippen MR) is 127 cm³/mol. The van der Waals surface area contributed by atoms with Gasteiger partial charge in [0.05, 0.1) is 18.3 Å². The molecule has 0 saturated heterocycles. The Morgan fingerprint density at radius 3 is 2.53 bits per heavy atom. The highest BCUT2D eigenvalue weighted by atomic mass is 19.1. The largest absolute Gasteiger partial charge is 0.487 e. The minimum atomic E-state index is -0.189. The van der Waals surface area contributed by atoms with Crippen LogP contribution in [0.15, 0.2) is 12.1 Å². The van der Waals surface area contributed by atoms with Crippen LogP contribution in [0.1, 0.15) is 108 Å². The number of rotatable bonds is 8. The Hall–Kier alpha value is -1.13. The smallest absolute Gasteiger partial charge is 0.165 e. The number of fused-ring (bicyclic) bond motifs is 1. The Kier molecular flexibility index (Phi) is 8.50. The van der Waals surface area contributed by atoms with Crippen LogP contribution < -0.4 is 4.74 Å². The maximum Gasteiger partial charge on any atom is 0.165 e. The average molecular weight is 447 g/mol. The summed E-state index contributed by atoms with van der Waals surface area (Å²) < 4.78 is 27.2. The summed E-state index contributed by atoms with van der Waals surface area (Å²) >= 11 is 0. The van der Waals surface area contributed by atoms with Crippen molar-refractivity contribution in [3.63, 3.8) is 0 Å². The van der Waals surface area contributed by atoms with Crippen LogP contribution in [0.25, 0.3) is 0 Å². The standard InChI is InChI=1S/C28H43FO3/c1-3-27(30)21-10-8-20(9-11-21)23-17-22-12-15-25(32-28(22)26(29)18-23)5-4-16-31-24-13-6-19(2)7-14-24/h17-21,24-25,27,30H,3-16H2,1-2H3. The lowest BCUT2D eigenvalue weighted by atomic mass is 9.76. The van der Waals surface area contributed by atoms with E-state index in [1.54, 1.807) is 6.07 Å². The van der Waals surface area contributed by atoms with E-state index in [-0.39, 0.29) is 18.0 Å². The first-order chi connectivity index (χ1) is 15.5. The molecule has 180 valence electrons. The molecule has 1 N–H and O–H groups in total. The molecule has 2 unspecified atom stereocenters. The van der Waals surface area contributed by atoms with Crippen molar-refractivity contribution in [3.8, 4) is 5.75 Å². The van der Waals surface area contributed by atoms with E-state index in [4.69, 9.17) is 9.47 Å². The second-order valence-electron chi connectivity index (χ2n) is 10.8. The van der Waals surface area contributed by atoms with E-state index in [1.165, 1.54) is 25.7 Å². The normalized spacial score (nSPS) is 31.6. The van der Waals surface area contributed by atoms with Crippen molar-refractivity contribution in [2.75, 3.05) is 6.61 Å². The van der Waals surface area contributed by atoms with Gasteiger partial charge in [0, 0.05) is 6.61 Å². The number of hydrogen-bond donors (Lipinski definition) is 1. The van der Waals surface area contributed by atoms with Crippen LogP contribution in [0.4, 0.5) is 4.39 Å². The molecule has 1 aliphatic heterocycles. The third kappa shape index (κ3) is 6.05. The monoisotopic (exact) mass is 446 g/mol. The summed E-state index contributed by atoms with van der Waals surface area (Å²) in [6, 6.07) is 3.92. The molecule has 0 bridgehead atoms. The maximum absolute atomic E-state index is 15.0. The fraction of sp³-hybridized carbons (Fsp3) is 0.786. The van der Waals surface area contributed by atoms with Crippen LogP contribution in [0, 0.1) is 17.7 Å². The van der Waals surface area contributed by atoms with Gasteiger partial charge >= 0.3 is 0 Å². The van der Waals surface area contributed by atoms with Crippen molar-refractivity contribution in [3.05, 3.63) is 29.1 Å². The molecular weight excluding hydrogens is 403 g/mol. The summed E-state index contributed by atoms with van der Waals surface area (Å²) in [4.78, 5) is 0. The van der Waals surface area contributed by atoms with Crippen LogP contribution in [-0.4, -0.2) is 30.0 Å². The Balaban J connectivity index is 1.24. The van der Waals surface area contributed by atoms with Crippen LogP contribution in [-0.2, 0) is 11.2 Å². The number of benzene rings is 1.